The molecule has 0 atom stereocenters. The predicted octanol–water partition coefficient (Wildman–Crippen LogP) is 2.93. The summed E-state index contributed by atoms with van der Waals surface area (Å²) in [6, 6.07) is 2.50. The smallest absolute Gasteiger partial charge is 0.336 e. The molecule has 1 N–H and O–H groups in total. The normalized spacial score (nSPS) is 12.3. The summed E-state index contributed by atoms with van der Waals surface area (Å²) in [4.78, 5) is 14.8. The maximum absolute atomic E-state index is 13.1. The molecule has 0 aliphatic rings. The van der Waals surface area contributed by atoms with Gasteiger partial charge in [-0.25, -0.2) is 8.78 Å². The van der Waals surface area contributed by atoms with Crippen LogP contribution in [0.2, 0.25) is 0 Å². The van der Waals surface area contributed by atoms with E-state index >= 15 is 0 Å². The average molecular weight is 335 g/mol. The third-order valence-corrected chi connectivity index (χ3v) is 2.76. The van der Waals surface area contributed by atoms with Crippen LogP contribution in [0.3, 0.4) is 0 Å². The van der Waals surface area contributed by atoms with Crippen LogP contribution in [0.1, 0.15) is 19.7 Å². The zero-order valence-corrected chi connectivity index (χ0v) is 11.8. The van der Waals surface area contributed by atoms with Crippen molar-refractivity contribution in [1.82, 2.24) is 15.5 Å². The quantitative estimate of drug-likeness (QED) is 0.876. The van der Waals surface area contributed by atoms with Crippen LogP contribution < -0.4 is 5.32 Å². The Morgan fingerprint density at radius 3 is 2.22 bits per heavy atom. The van der Waals surface area contributed by atoms with Crippen LogP contribution in [-0.2, 0) is 10.3 Å². The number of nitrogens with zero attached hydrogens (tertiary/aromatic N) is 2. The van der Waals surface area contributed by atoms with E-state index in [-0.39, 0.29) is 17.3 Å². The number of rotatable bonds is 3. The van der Waals surface area contributed by atoms with E-state index in [2.05, 4.69) is 10.1 Å². The number of carbonyl (C=O) groups is 1. The van der Waals surface area contributed by atoms with Gasteiger partial charge in [0, 0.05) is 11.6 Å². The molecule has 0 aliphatic heterocycles. The van der Waals surface area contributed by atoms with Gasteiger partial charge in [0.1, 0.15) is 17.2 Å². The Morgan fingerprint density at radius 1 is 1.13 bits per heavy atom. The Morgan fingerprint density at radius 2 is 1.70 bits per heavy atom. The molecule has 0 saturated carbocycles. The summed E-state index contributed by atoms with van der Waals surface area (Å²) in [5.41, 5.74) is -1.69. The Hall–Kier alpha value is -2.52. The maximum atomic E-state index is 13.1. The van der Waals surface area contributed by atoms with Crippen LogP contribution in [-0.4, -0.2) is 22.2 Å². The van der Waals surface area contributed by atoms with Gasteiger partial charge in [0.2, 0.25) is 5.82 Å². The summed E-state index contributed by atoms with van der Waals surface area (Å²) in [6.07, 6.45) is -5.08. The van der Waals surface area contributed by atoms with Crippen LogP contribution in [0, 0.1) is 11.6 Å². The minimum atomic E-state index is -5.08. The van der Waals surface area contributed by atoms with Crippen molar-refractivity contribution in [2.24, 2.45) is 0 Å². The van der Waals surface area contributed by atoms with Gasteiger partial charge in [0.25, 0.3) is 5.89 Å². The first-order valence-corrected chi connectivity index (χ1v) is 6.19. The summed E-state index contributed by atoms with van der Waals surface area (Å²) < 4.78 is 68.0. The number of hydrogen-bond donors (Lipinski definition) is 1. The van der Waals surface area contributed by atoms with Crippen LogP contribution >= 0.6 is 0 Å². The zero-order chi connectivity index (χ0) is 17.4. The molecule has 0 bridgehead atoms. The molecule has 0 fully saturated rings. The van der Waals surface area contributed by atoms with E-state index in [0.717, 1.165) is 12.1 Å². The molecule has 1 aromatic carbocycles. The number of amides is 1. The van der Waals surface area contributed by atoms with E-state index in [1.165, 1.54) is 13.8 Å². The molecule has 124 valence electrons. The molecule has 0 aliphatic carbocycles. The molecule has 1 amide bonds. The molecule has 1 aromatic heterocycles. The van der Waals surface area contributed by atoms with Crippen molar-refractivity contribution in [3.8, 4) is 11.4 Å². The molecule has 10 heteroatoms. The van der Waals surface area contributed by atoms with E-state index in [9.17, 15) is 26.7 Å². The summed E-state index contributed by atoms with van der Waals surface area (Å²) in [6.45, 7) is 2.42. The van der Waals surface area contributed by atoms with E-state index in [1.54, 1.807) is 5.32 Å². The van der Waals surface area contributed by atoms with Crippen molar-refractivity contribution in [2.45, 2.75) is 25.6 Å². The minimum Gasteiger partial charge on any atom is -0.336 e. The van der Waals surface area contributed by atoms with E-state index < -0.39 is 29.3 Å². The van der Waals surface area contributed by atoms with E-state index in [4.69, 9.17) is 4.52 Å². The lowest BCUT2D eigenvalue weighted by molar-refractivity contribution is -0.175. The molecule has 23 heavy (non-hydrogen) atoms. The van der Waals surface area contributed by atoms with E-state index in [0.29, 0.717) is 6.07 Å². The second-order valence-electron chi connectivity index (χ2n) is 5.16. The maximum Gasteiger partial charge on any atom is 0.471 e. The topological polar surface area (TPSA) is 68.0 Å². The van der Waals surface area contributed by atoms with Gasteiger partial charge < -0.3 is 9.84 Å². The molecular weight excluding hydrogens is 325 g/mol. The Kier molecular flexibility index (Phi) is 4.10. The van der Waals surface area contributed by atoms with Crippen LogP contribution in [0.4, 0.5) is 22.0 Å². The molecule has 0 radical (unpaired) electrons. The summed E-state index contributed by atoms with van der Waals surface area (Å²) in [7, 11) is 0. The van der Waals surface area contributed by atoms with Gasteiger partial charge >= 0.3 is 12.1 Å². The fraction of sp³-hybridized carbons (Fsp3) is 0.308. The molecule has 0 saturated heterocycles. The van der Waals surface area contributed by atoms with Crippen LogP contribution in [0.25, 0.3) is 11.4 Å². The number of halogens is 5. The first kappa shape index (κ1) is 16.8. The van der Waals surface area contributed by atoms with Crippen molar-refractivity contribution in [3.63, 3.8) is 0 Å². The first-order valence-electron chi connectivity index (χ1n) is 6.19. The fourth-order valence-electron chi connectivity index (χ4n) is 1.69. The molecule has 1 heterocycles. The predicted molar refractivity (Wildman–Crippen MR) is 66.9 cm³/mol. The molecular formula is C13H10F5N3O2. The largest absolute Gasteiger partial charge is 0.471 e. The lowest BCUT2D eigenvalue weighted by Crippen LogP contribution is -2.47. The number of carbonyl (C=O) groups excluding carboxylic acids is 1. The number of nitrogens with one attached hydrogen (secondary N) is 1. The fourth-order valence-corrected chi connectivity index (χ4v) is 1.69. The first-order chi connectivity index (χ1) is 10.5. The molecule has 2 rings (SSSR count). The SMILES string of the molecule is CC(C)(NC(=O)C(F)(F)F)c1nc(-c2cc(F)cc(F)c2)no1. The standard InChI is InChI=1S/C13H10F5N3O2/c1-12(2,20-10(22)13(16,17)18)11-19-9(21-23-11)6-3-7(14)5-8(15)4-6/h3-5H,1-2H3,(H,20,22). The van der Waals surface area contributed by atoms with Crippen molar-refractivity contribution in [3.05, 3.63) is 35.7 Å². The number of hydrogen-bond acceptors (Lipinski definition) is 4. The molecule has 0 spiro atoms. The second kappa shape index (κ2) is 5.60. The van der Waals surface area contributed by atoms with E-state index in [1.807, 2.05) is 0 Å². The highest BCUT2D eigenvalue weighted by Crippen LogP contribution is 2.25. The highest BCUT2D eigenvalue weighted by molar-refractivity contribution is 5.82. The Balaban J connectivity index is 2.29. The van der Waals surface area contributed by atoms with Crippen molar-refractivity contribution in [1.29, 1.82) is 0 Å². The van der Waals surface area contributed by atoms with Crippen molar-refractivity contribution >= 4 is 5.91 Å². The van der Waals surface area contributed by atoms with Gasteiger partial charge in [-0.1, -0.05) is 5.16 Å². The third-order valence-electron chi connectivity index (χ3n) is 2.76. The van der Waals surface area contributed by atoms with Gasteiger partial charge in [-0.05, 0) is 26.0 Å². The third kappa shape index (κ3) is 3.82. The minimum absolute atomic E-state index is 0.0598. The highest BCUT2D eigenvalue weighted by atomic mass is 19.4. The van der Waals surface area contributed by atoms with Crippen LogP contribution in [0.15, 0.2) is 22.7 Å². The van der Waals surface area contributed by atoms with Gasteiger partial charge in [0.05, 0.1) is 0 Å². The Bertz CT molecular complexity index is 719. The van der Waals surface area contributed by atoms with Gasteiger partial charge in [-0.15, -0.1) is 0 Å². The Labute approximate surface area is 126 Å². The highest BCUT2D eigenvalue weighted by Gasteiger charge is 2.43. The monoisotopic (exact) mass is 335 g/mol. The van der Waals surface area contributed by atoms with Gasteiger partial charge in [0.15, 0.2) is 0 Å². The number of benzene rings is 1. The van der Waals surface area contributed by atoms with Crippen LogP contribution in [0.5, 0.6) is 0 Å². The second-order valence-corrected chi connectivity index (χ2v) is 5.16. The lowest BCUT2D eigenvalue weighted by atomic mass is 10.1. The van der Waals surface area contributed by atoms with Crippen molar-refractivity contribution in [2.75, 3.05) is 0 Å². The number of alkyl halides is 3. The zero-order valence-electron chi connectivity index (χ0n) is 11.8. The number of aromatic nitrogens is 2. The van der Waals surface area contributed by atoms with Gasteiger partial charge in [-0.2, -0.15) is 18.2 Å². The summed E-state index contributed by atoms with van der Waals surface area (Å²) >= 11 is 0. The van der Waals surface area contributed by atoms with Crippen molar-refractivity contribution < 1.29 is 31.3 Å². The lowest BCUT2D eigenvalue weighted by Gasteiger charge is -2.22. The average Bonchev–Trinajstić information content (AvgIpc) is 2.86. The summed E-state index contributed by atoms with van der Waals surface area (Å²) in [5.74, 6) is -4.52. The summed E-state index contributed by atoms with van der Waals surface area (Å²) in [5, 5.41) is 5.14. The molecule has 2 aromatic rings. The van der Waals surface area contributed by atoms with Gasteiger partial charge in [-0.3, -0.25) is 4.79 Å². The molecule has 5 nitrogen and oxygen atoms in total. The molecule has 0 unspecified atom stereocenters.